The zero-order valence-corrected chi connectivity index (χ0v) is 9.78. The molecule has 1 heterocycles. The van der Waals surface area contributed by atoms with Crippen molar-refractivity contribution in [1.82, 2.24) is 0 Å². The molecule has 0 amide bonds. The molecule has 0 atom stereocenters. The summed E-state index contributed by atoms with van der Waals surface area (Å²) < 4.78 is 0.567. The summed E-state index contributed by atoms with van der Waals surface area (Å²) in [6.07, 6.45) is 1.10. The van der Waals surface area contributed by atoms with Crippen LogP contribution in [0.5, 0.6) is 17.2 Å². The van der Waals surface area contributed by atoms with E-state index in [-0.39, 0.29) is 17.7 Å². The minimum atomic E-state index is -0.685. The third-order valence-electron chi connectivity index (χ3n) is 2.64. The minimum absolute atomic E-state index is 0.0108. The van der Waals surface area contributed by atoms with Crippen molar-refractivity contribution in [2.45, 2.75) is 6.42 Å². The van der Waals surface area contributed by atoms with Crippen LogP contribution in [0.25, 0.3) is 0 Å². The Kier molecular flexibility index (Phi) is 3.24. The van der Waals surface area contributed by atoms with Gasteiger partial charge < -0.3 is 20.5 Å². The number of rotatable bonds is 3. The quantitative estimate of drug-likeness (QED) is 0.329. The third-order valence-corrected chi connectivity index (χ3v) is 2.64. The van der Waals surface area contributed by atoms with Crippen LogP contribution in [0.4, 0.5) is 0 Å². The molecule has 1 aromatic carbocycles. The van der Waals surface area contributed by atoms with Crippen molar-refractivity contribution < 1.29 is 24.8 Å². The van der Waals surface area contributed by atoms with Gasteiger partial charge in [0.15, 0.2) is 29.2 Å². The number of Topliss-reactive ketones (excluding diaryl/α,β-unsaturated/α-hetero) is 1. The molecule has 3 N–H and O–H groups in total. The fourth-order valence-electron chi connectivity index (χ4n) is 1.63. The van der Waals surface area contributed by atoms with Gasteiger partial charge in [-0.05, 0) is 18.2 Å². The van der Waals surface area contributed by atoms with Crippen LogP contribution in [0.15, 0.2) is 36.5 Å². The van der Waals surface area contributed by atoms with Gasteiger partial charge in [-0.2, -0.15) is 4.73 Å². The van der Waals surface area contributed by atoms with Crippen LogP contribution in [0.1, 0.15) is 16.1 Å². The van der Waals surface area contributed by atoms with Crippen molar-refractivity contribution in [2.75, 3.05) is 0 Å². The highest BCUT2D eigenvalue weighted by atomic mass is 16.5. The van der Waals surface area contributed by atoms with E-state index in [1.807, 2.05) is 0 Å². The zero-order chi connectivity index (χ0) is 14.0. The topological polar surface area (TPSA) is 105 Å². The van der Waals surface area contributed by atoms with Crippen molar-refractivity contribution >= 4 is 5.78 Å². The largest absolute Gasteiger partial charge is 0.618 e. The maximum Gasteiger partial charge on any atom is 0.200 e. The van der Waals surface area contributed by atoms with E-state index in [4.69, 9.17) is 0 Å². The molecular weight excluding hydrogens is 250 g/mol. The summed E-state index contributed by atoms with van der Waals surface area (Å²) in [5, 5.41) is 39.2. The fourth-order valence-corrected chi connectivity index (χ4v) is 1.63. The lowest BCUT2D eigenvalue weighted by Gasteiger charge is -2.06. The fraction of sp³-hybridized carbons (Fsp3) is 0.0769. The van der Waals surface area contributed by atoms with Gasteiger partial charge in [0.25, 0.3) is 0 Å². The summed E-state index contributed by atoms with van der Waals surface area (Å²) in [6, 6.07) is 6.75. The molecular formula is C13H11NO5. The van der Waals surface area contributed by atoms with E-state index < -0.39 is 23.0 Å². The van der Waals surface area contributed by atoms with Crippen LogP contribution in [0.3, 0.4) is 0 Å². The average Bonchev–Trinajstić information content (AvgIpc) is 2.38. The number of ketones is 1. The van der Waals surface area contributed by atoms with E-state index in [1.54, 1.807) is 12.1 Å². The Bertz CT molecular complexity index is 616. The molecule has 2 aromatic rings. The number of aromatic nitrogens is 1. The Hall–Kier alpha value is -2.76. The summed E-state index contributed by atoms with van der Waals surface area (Å²) in [5.74, 6) is -2.32. The number of carbonyl (C=O) groups is 1. The number of hydrogen-bond donors (Lipinski definition) is 3. The third kappa shape index (κ3) is 2.57. The van der Waals surface area contributed by atoms with Crippen LogP contribution in [0.2, 0.25) is 0 Å². The first-order chi connectivity index (χ1) is 8.99. The van der Waals surface area contributed by atoms with Gasteiger partial charge in [-0.15, -0.1) is 0 Å². The molecule has 6 nitrogen and oxygen atoms in total. The van der Waals surface area contributed by atoms with Gasteiger partial charge in [-0.25, -0.2) is 0 Å². The van der Waals surface area contributed by atoms with E-state index in [1.165, 1.54) is 12.3 Å². The highest BCUT2D eigenvalue weighted by molar-refractivity contribution is 5.98. The molecule has 19 heavy (non-hydrogen) atoms. The molecule has 0 bridgehead atoms. The van der Waals surface area contributed by atoms with Gasteiger partial charge >= 0.3 is 0 Å². The van der Waals surface area contributed by atoms with E-state index in [0.717, 1.165) is 12.1 Å². The van der Waals surface area contributed by atoms with Gasteiger partial charge in [-0.3, -0.25) is 4.79 Å². The maximum atomic E-state index is 11.9. The number of aromatic hydroxyl groups is 3. The molecule has 0 radical (unpaired) electrons. The van der Waals surface area contributed by atoms with Crippen LogP contribution in [-0.2, 0) is 6.42 Å². The van der Waals surface area contributed by atoms with Crippen LogP contribution in [-0.4, -0.2) is 21.1 Å². The monoisotopic (exact) mass is 261 g/mol. The number of nitrogens with zero attached hydrogens (tertiary/aromatic N) is 1. The summed E-state index contributed by atoms with van der Waals surface area (Å²) in [7, 11) is 0. The number of benzene rings is 1. The van der Waals surface area contributed by atoms with Gasteiger partial charge in [0.2, 0.25) is 5.69 Å². The second-order valence-electron chi connectivity index (χ2n) is 3.98. The van der Waals surface area contributed by atoms with Crippen molar-refractivity contribution in [3.05, 3.63) is 53.0 Å². The molecule has 6 heteroatoms. The van der Waals surface area contributed by atoms with Crippen LogP contribution in [0, 0.1) is 5.21 Å². The minimum Gasteiger partial charge on any atom is -0.618 e. The lowest BCUT2D eigenvalue weighted by Crippen LogP contribution is -2.32. The normalized spacial score (nSPS) is 10.3. The summed E-state index contributed by atoms with van der Waals surface area (Å²) in [6.45, 7) is 0. The lowest BCUT2D eigenvalue weighted by atomic mass is 10.0. The van der Waals surface area contributed by atoms with Gasteiger partial charge in [0.05, 0.1) is 6.42 Å². The first-order valence-corrected chi connectivity index (χ1v) is 5.44. The predicted molar refractivity (Wildman–Crippen MR) is 64.9 cm³/mol. The highest BCUT2D eigenvalue weighted by Gasteiger charge is 2.16. The summed E-state index contributed by atoms with van der Waals surface area (Å²) in [5.41, 5.74) is 0.260. The van der Waals surface area contributed by atoms with Gasteiger partial charge in [0.1, 0.15) is 0 Å². The number of phenolic OH excluding ortho intramolecular Hbond substituents is 3. The SMILES string of the molecule is O=C(Cc1cccc[n+]1[O-])c1cc(O)c(O)c(O)c1. The smallest absolute Gasteiger partial charge is 0.200 e. The molecule has 1 aromatic heterocycles. The lowest BCUT2D eigenvalue weighted by molar-refractivity contribution is -0.613. The molecule has 0 fully saturated rings. The van der Waals surface area contributed by atoms with Crippen molar-refractivity contribution in [2.24, 2.45) is 0 Å². The van der Waals surface area contributed by atoms with Crippen molar-refractivity contribution in [3.63, 3.8) is 0 Å². The Morgan fingerprint density at radius 3 is 2.37 bits per heavy atom. The van der Waals surface area contributed by atoms with E-state index >= 15 is 0 Å². The van der Waals surface area contributed by atoms with Crippen molar-refractivity contribution in [1.29, 1.82) is 0 Å². The molecule has 98 valence electrons. The predicted octanol–water partition coefficient (Wildman–Crippen LogP) is 0.862. The van der Waals surface area contributed by atoms with Crippen LogP contribution >= 0.6 is 0 Å². The van der Waals surface area contributed by atoms with Gasteiger partial charge in [0, 0.05) is 17.7 Å². The summed E-state index contributed by atoms with van der Waals surface area (Å²) >= 11 is 0. The Balaban J connectivity index is 2.28. The number of pyridine rings is 1. The summed E-state index contributed by atoms with van der Waals surface area (Å²) in [4.78, 5) is 11.9. The number of carbonyl (C=O) groups excluding carboxylic acids is 1. The molecule has 0 aliphatic rings. The molecule has 0 saturated carbocycles. The van der Waals surface area contributed by atoms with Gasteiger partial charge in [-0.1, -0.05) is 0 Å². The Morgan fingerprint density at radius 1 is 1.16 bits per heavy atom. The zero-order valence-electron chi connectivity index (χ0n) is 9.78. The molecule has 0 aliphatic heterocycles. The first kappa shape index (κ1) is 12.7. The molecule has 0 unspecified atom stereocenters. The standard InChI is InChI=1S/C13H11NO5/c15-10(7-9-3-1-2-4-14(9)19)8-5-11(16)13(18)12(17)6-8/h1-6,16-18H,7H2. The molecule has 2 rings (SSSR count). The number of phenols is 3. The molecule has 0 aliphatic carbocycles. The second-order valence-corrected chi connectivity index (χ2v) is 3.98. The molecule has 0 spiro atoms. The van der Waals surface area contributed by atoms with E-state index in [0.29, 0.717) is 4.73 Å². The van der Waals surface area contributed by atoms with Crippen molar-refractivity contribution in [3.8, 4) is 17.2 Å². The highest BCUT2D eigenvalue weighted by Crippen LogP contribution is 2.35. The second kappa shape index (κ2) is 4.85. The van der Waals surface area contributed by atoms with E-state index in [9.17, 15) is 25.3 Å². The maximum absolute atomic E-state index is 11.9. The Labute approximate surface area is 108 Å². The van der Waals surface area contributed by atoms with Crippen LogP contribution < -0.4 is 4.73 Å². The Morgan fingerprint density at radius 2 is 1.79 bits per heavy atom. The van der Waals surface area contributed by atoms with E-state index in [2.05, 4.69) is 0 Å². The molecule has 0 saturated heterocycles. The average molecular weight is 261 g/mol. The first-order valence-electron chi connectivity index (χ1n) is 5.44. The number of hydrogen-bond acceptors (Lipinski definition) is 5.